The molecule has 0 radical (unpaired) electrons. The predicted octanol–water partition coefficient (Wildman–Crippen LogP) is 3.11. The first-order valence-electron chi connectivity index (χ1n) is 6.75. The zero-order valence-electron chi connectivity index (χ0n) is 12.6. The van der Waals surface area contributed by atoms with Crippen LogP contribution in [0.3, 0.4) is 0 Å². The lowest BCUT2D eigenvalue weighted by molar-refractivity contribution is 0.298. The van der Waals surface area contributed by atoms with Gasteiger partial charge in [0.15, 0.2) is 10.7 Å². The fourth-order valence-corrected chi connectivity index (χ4v) is 3.31. The van der Waals surface area contributed by atoms with E-state index in [1.165, 1.54) is 12.1 Å². The monoisotopic (exact) mass is 322 g/mol. The normalized spacial score (nSPS) is 14.9. The van der Waals surface area contributed by atoms with E-state index in [1.807, 2.05) is 6.92 Å². The molecule has 0 aliphatic carbocycles. The van der Waals surface area contributed by atoms with Gasteiger partial charge in [-0.3, -0.25) is 0 Å². The molecular weight excluding hydrogens is 302 g/mol. The lowest BCUT2D eigenvalue weighted by atomic mass is 9.96. The molecule has 0 saturated carbocycles. The largest absolute Gasteiger partial charge is 0.505 e. The van der Waals surface area contributed by atoms with E-state index in [9.17, 15) is 13.5 Å². The van der Waals surface area contributed by atoms with Gasteiger partial charge in [-0.15, -0.1) is 6.58 Å². The van der Waals surface area contributed by atoms with Gasteiger partial charge in [-0.05, 0) is 32.4 Å². The van der Waals surface area contributed by atoms with Crippen molar-refractivity contribution in [3.8, 4) is 0 Å². The average molecular weight is 322 g/mol. The summed E-state index contributed by atoms with van der Waals surface area (Å²) < 4.78 is 27.2. The first-order valence-corrected chi connectivity index (χ1v) is 8.23. The summed E-state index contributed by atoms with van der Waals surface area (Å²) in [5.74, 6) is -0.796. The summed E-state index contributed by atoms with van der Waals surface area (Å²) in [6.07, 6.45) is 2.77. The highest BCUT2D eigenvalue weighted by atomic mass is 32.2. The Balaban J connectivity index is 2.99. The summed E-state index contributed by atoms with van der Waals surface area (Å²) in [4.78, 5) is 2.91. The molecule has 1 aromatic rings. The minimum Gasteiger partial charge on any atom is -0.505 e. The topological polar surface area (TPSA) is 94.5 Å². The van der Waals surface area contributed by atoms with E-state index in [0.29, 0.717) is 6.42 Å². The minimum absolute atomic E-state index is 0.151. The molecule has 1 aromatic carbocycles. The quantitative estimate of drug-likeness (QED) is 0.458. The number of benzene rings is 1. The second-order valence-corrected chi connectivity index (χ2v) is 6.74. The molecule has 0 fully saturated rings. The number of aliphatic hydroxyl groups excluding tert-OH is 1. The SMILES string of the molecule is C=CC[C@H](/C(O)=C\[N+]#N)[C@H](C)NS(=O)(=O)c1ccc(C)cc1. The smallest absolute Gasteiger partial charge is 0.387 e. The third-order valence-electron chi connectivity index (χ3n) is 3.27. The first-order chi connectivity index (χ1) is 10.3. The Morgan fingerprint density at radius 2 is 2.05 bits per heavy atom. The molecule has 0 bridgehead atoms. The second kappa shape index (κ2) is 7.73. The molecular formula is C15H20N3O3S+. The zero-order chi connectivity index (χ0) is 16.8. The maximum Gasteiger partial charge on any atom is 0.387 e. The van der Waals surface area contributed by atoms with Gasteiger partial charge in [0, 0.05) is 12.0 Å². The standard InChI is InChI=1S/C15H19N3O3S/c1-4-5-14(15(19)10-17-16)12(3)18-22(20,21)13-8-6-11(2)7-9-13/h4,6-10,12,14,18H,1,5H2,2-3H3/p+1/b15-10+/t12-,14-/m0/s1. The van der Waals surface area contributed by atoms with Crippen LogP contribution in [0.15, 0.2) is 53.8 Å². The number of aryl methyl sites for hydroxylation is 1. The van der Waals surface area contributed by atoms with Crippen molar-refractivity contribution in [1.82, 2.24) is 4.72 Å². The highest BCUT2D eigenvalue weighted by Crippen LogP contribution is 2.20. The third kappa shape index (κ3) is 4.69. The van der Waals surface area contributed by atoms with E-state index in [1.54, 1.807) is 25.1 Å². The van der Waals surface area contributed by atoms with Crippen LogP contribution >= 0.6 is 0 Å². The average Bonchev–Trinajstić information content (AvgIpc) is 2.44. The minimum atomic E-state index is -3.70. The van der Waals surface area contributed by atoms with Crippen molar-refractivity contribution in [3.63, 3.8) is 0 Å². The fraction of sp³-hybridized carbons (Fsp3) is 0.333. The Labute approximate surface area is 130 Å². The van der Waals surface area contributed by atoms with E-state index in [2.05, 4.69) is 16.3 Å². The van der Waals surface area contributed by atoms with Crippen molar-refractivity contribution in [2.24, 2.45) is 5.92 Å². The summed E-state index contributed by atoms with van der Waals surface area (Å²) in [7, 11) is -3.70. The Bertz CT molecular complexity index is 688. The number of hydrogen-bond donors (Lipinski definition) is 2. The van der Waals surface area contributed by atoms with Crippen LogP contribution in [0.1, 0.15) is 18.9 Å². The van der Waals surface area contributed by atoms with Gasteiger partial charge in [0.1, 0.15) is 0 Å². The van der Waals surface area contributed by atoms with Crippen LogP contribution in [-0.2, 0) is 10.0 Å². The van der Waals surface area contributed by atoms with Crippen LogP contribution in [-0.4, -0.2) is 19.6 Å². The number of allylic oxidation sites excluding steroid dienone is 1. The summed E-state index contributed by atoms with van der Waals surface area (Å²) in [6.45, 7) is 7.08. The summed E-state index contributed by atoms with van der Waals surface area (Å²) in [5.41, 5.74) is 0.960. The van der Waals surface area contributed by atoms with E-state index in [-0.39, 0.29) is 10.7 Å². The van der Waals surface area contributed by atoms with Gasteiger partial charge in [-0.25, -0.2) is 13.1 Å². The van der Waals surface area contributed by atoms with Gasteiger partial charge >= 0.3 is 6.20 Å². The van der Waals surface area contributed by atoms with Gasteiger partial charge in [0.05, 0.1) is 4.90 Å². The lowest BCUT2D eigenvalue weighted by Crippen LogP contribution is -2.38. The molecule has 7 heteroatoms. The molecule has 6 nitrogen and oxygen atoms in total. The predicted molar refractivity (Wildman–Crippen MR) is 85.1 cm³/mol. The van der Waals surface area contributed by atoms with E-state index >= 15 is 0 Å². The molecule has 2 N–H and O–H groups in total. The molecule has 0 amide bonds. The van der Waals surface area contributed by atoms with Crippen LogP contribution < -0.4 is 4.72 Å². The van der Waals surface area contributed by atoms with Crippen molar-refractivity contribution >= 4 is 10.0 Å². The molecule has 0 saturated heterocycles. The van der Waals surface area contributed by atoms with Crippen LogP contribution in [0.5, 0.6) is 0 Å². The number of aliphatic hydroxyl groups is 1. The second-order valence-electron chi connectivity index (χ2n) is 5.02. The number of nitrogens with zero attached hydrogens (tertiary/aromatic N) is 2. The number of hydrogen-bond acceptors (Lipinski definition) is 4. The summed E-state index contributed by atoms with van der Waals surface area (Å²) >= 11 is 0. The van der Waals surface area contributed by atoms with Gasteiger partial charge in [0.25, 0.3) is 0 Å². The molecule has 0 unspecified atom stereocenters. The highest BCUT2D eigenvalue weighted by Gasteiger charge is 2.27. The van der Waals surface area contributed by atoms with Crippen molar-refractivity contribution in [2.75, 3.05) is 0 Å². The Kier molecular flexibility index (Phi) is 6.28. The fourth-order valence-electron chi connectivity index (χ4n) is 2.03. The van der Waals surface area contributed by atoms with Crippen molar-refractivity contribution in [3.05, 3.63) is 59.4 Å². The molecule has 0 aliphatic heterocycles. The van der Waals surface area contributed by atoms with E-state index < -0.39 is 22.0 Å². The van der Waals surface area contributed by atoms with Crippen LogP contribution in [0.4, 0.5) is 0 Å². The van der Waals surface area contributed by atoms with Gasteiger partial charge in [-0.1, -0.05) is 23.8 Å². The number of diazo groups is 1. The van der Waals surface area contributed by atoms with Crippen LogP contribution in [0.25, 0.3) is 4.98 Å². The number of rotatable bonds is 7. The molecule has 0 heterocycles. The molecule has 0 aromatic heterocycles. The lowest BCUT2D eigenvalue weighted by Gasteiger charge is -2.21. The Morgan fingerprint density at radius 1 is 1.45 bits per heavy atom. The number of sulfonamides is 1. The van der Waals surface area contributed by atoms with Crippen molar-refractivity contribution in [2.45, 2.75) is 31.2 Å². The third-order valence-corrected chi connectivity index (χ3v) is 4.84. The number of nitrogens with one attached hydrogen (secondary N) is 1. The molecule has 22 heavy (non-hydrogen) atoms. The van der Waals surface area contributed by atoms with Gasteiger partial charge < -0.3 is 5.11 Å². The molecule has 118 valence electrons. The summed E-state index contributed by atoms with van der Waals surface area (Å²) in [5, 5.41) is 18.3. The molecule has 0 spiro atoms. The molecule has 0 aliphatic rings. The zero-order valence-corrected chi connectivity index (χ0v) is 13.4. The maximum atomic E-state index is 12.3. The van der Waals surface area contributed by atoms with E-state index in [4.69, 9.17) is 5.39 Å². The van der Waals surface area contributed by atoms with Gasteiger partial charge in [0.2, 0.25) is 15.4 Å². The van der Waals surface area contributed by atoms with Crippen molar-refractivity contribution in [1.29, 1.82) is 5.39 Å². The molecule has 2 atom stereocenters. The Morgan fingerprint density at radius 3 is 2.55 bits per heavy atom. The summed E-state index contributed by atoms with van der Waals surface area (Å²) in [6, 6.07) is 5.85. The maximum absolute atomic E-state index is 12.3. The van der Waals surface area contributed by atoms with Crippen molar-refractivity contribution < 1.29 is 13.5 Å². The first kappa shape index (κ1) is 17.9. The highest BCUT2D eigenvalue weighted by molar-refractivity contribution is 7.89. The Hall–Kier alpha value is -2.17. The van der Waals surface area contributed by atoms with Crippen LogP contribution in [0.2, 0.25) is 0 Å². The van der Waals surface area contributed by atoms with E-state index in [0.717, 1.165) is 11.8 Å². The van der Waals surface area contributed by atoms with Crippen LogP contribution in [0, 0.1) is 18.2 Å². The molecule has 1 rings (SSSR count). The van der Waals surface area contributed by atoms with Gasteiger partial charge in [-0.2, -0.15) is 0 Å².